The van der Waals surface area contributed by atoms with Crippen LogP contribution in [0.15, 0.2) is 46.8 Å². The van der Waals surface area contributed by atoms with E-state index in [1.165, 1.54) is 24.1 Å². The number of hydrogen-bond donors (Lipinski definition) is 1. The Morgan fingerprint density at radius 2 is 2.18 bits per heavy atom. The monoisotopic (exact) mass is 343 g/mol. The molecule has 0 atom stereocenters. The van der Waals surface area contributed by atoms with Gasteiger partial charge in [-0.1, -0.05) is 34.9 Å². The summed E-state index contributed by atoms with van der Waals surface area (Å²) in [6.07, 6.45) is 2.34. The Morgan fingerprint density at radius 1 is 1.50 bits per heavy atom. The Labute approximate surface area is 137 Å². The summed E-state index contributed by atoms with van der Waals surface area (Å²) < 4.78 is 1.26. The average Bonchev–Trinajstić information content (AvgIpc) is 2.44. The molecule has 8 heteroatoms. The van der Waals surface area contributed by atoms with Gasteiger partial charge in [0.25, 0.3) is 5.56 Å². The topological polar surface area (TPSA) is 76.7 Å². The third-order valence-corrected chi connectivity index (χ3v) is 3.08. The van der Waals surface area contributed by atoms with Crippen LogP contribution in [-0.2, 0) is 11.4 Å². The largest absolute Gasteiger partial charge is 0.505 e. The zero-order valence-corrected chi connectivity index (χ0v) is 13.6. The van der Waals surface area contributed by atoms with E-state index < -0.39 is 5.56 Å². The molecule has 1 N–H and O–H groups in total. The molecule has 0 spiro atoms. The van der Waals surface area contributed by atoms with Crippen molar-refractivity contribution in [2.24, 2.45) is 5.16 Å². The van der Waals surface area contributed by atoms with Gasteiger partial charge in [0, 0.05) is 11.1 Å². The fourth-order valence-electron chi connectivity index (χ4n) is 1.38. The van der Waals surface area contributed by atoms with E-state index in [0.717, 1.165) is 12.3 Å². The van der Waals surface area contributed by atoms with Crippen LogP contribution in [0, 0.1) is 0 Å². The molecule has 0 aliphatic rings. The summed E-state index contributed by atoms with van der Waals surface area (Å²) in [4.78, 5) is 20.6. The van der Waals surface area contributed by atoms with Gasteiger partial charge < -0.3 is 9.94 Å². The standard InChI is InChI=1S/C14H15Cl2N3O3/c1-9(10(2)18-22-3)7-19-8-17-6-13(20)12(16)4-11(15)5-14(19)21/h4-6,8,20H,1,7H2,2-3H3/b11-5?,12-4?,13-6?,17-8?,18-10-. The Balaban J connectivity index is 3.37. The lowest BCUT2D eigenvalue weighted by atomic mass is 10.2. The van der Waals surface area contributed by atoms with E-state index in [0.29, 0.717) is 11.3 Å². The SMILES string of the molecule is C=C(Cn1cncc(O)c(Cl)cc(Cl)cc1=O)/C(C)=N\OC. The molecular weight excluding hydrogens is 329 g/mol. The molecule has 6 nitrogen and oxygen atoms in total. The molecule has 0 fully saturated rings. The lowest BCUT2D eigenvalue weighted by Gasteiger charge is -2.06. The van der Waals surface area contributed by atoms with E-state index in [1.807, 2.05) is 0 Å². The zero-order valence-electron chi connectivity index (χ0n) is 12.1. The Hall–Kier alpha value is -2.05. The molecule has 1 rings (SSSR count). The van der Waals surface area contributed by atoms with Crippen molar-refractivity contribution in [2.75, 3.05) is 7.11 Å². The van der Waals surface area contributed by atoms with E-state index in [1.54, 1.807) is 6.92 Å². The van der Waals surface area contributed by atoms with Crippen molar-refractivity contribution in [1.82, 2.24) is 9.55 Å². The molecule has 0 bridgehead atoms. The molecule has 1 aromatic rings. The first-order valence-electron chi connectivity index (χ1n) is 6.09. The highest BCUT2D eigenvalue weighted by molar-refractivity contribution is 6.35. The summed E-state index contributed by atoms with van der Waals surface area (Å²) in [5.74, 6) is -0.269. The minimum Gasteiger partial charge on any atom is -0.505 e. The molecule has 0 aliphatic carbocycles. The summed E-state index contributed by atoms with van der Waals surface area (Å²) in [5.41, 5.74) is 0.679. The number of oxime groups is 1. The second kappa shape index (κ2) is 8.41. The first-order valence-corrected chi connectivity index (χ1v) is 6.84. The molecule has 118 valence electrons. The van der Waals surface area contributed by atoms with Gasteiger partial charge in [-0.15, -0.1) is 0 Å². The second-order valence-electron chi connectivity index (χ2n) is 4.23. The lowest BCUT2D eigenvalue weighted by molar-refractivity contribution is 0.213. The first-order chi connectivity index (χ1) is 10.3. The maximum Gasteiger partial charge on any atom is 0.253 e. The molecule has 0 radical (unpaired) electrons. The maximum atomic E-state index is 12.2. The third kappa shape index (κ3) is 5.38. The van der Waals surface area contributed by atoms with Gasteiger partial charge in [0.2, 0.25) is 0 Å². The molecule has 0 amide bonds. The number of rotatable bonds is 4. The number of allylic oxidation sites excluding steroid dienone is 1. The highest BCUT2D eigenvalue weighted by Crippen LogP contribution is 2.20. The van der Waals surface area contributed by atoms with E-state index in [-0.39, 0.29) is 22.3 Å². The Bertz CT molecular complexity index is 713. The van der Waals surface area contributed by atoms with Crippen LogP contribution in [0.1, 0.15) is 6.92 Å². The lowest BCUT2D eigenvalue weighted by Crippen LogP contribution is -2.20. The average molecular weight is 344 g/mol. The van der Waals surface area contributed by atoms with Gasteiger partial charge in [0.05, 0.1) is 29.8 Å². The second-order valence-corrected chi connectivity index (χ2v) is 5.07. The van der Waals surface area contributed by atoms with Crippen molar-refractivity contribution in [1.29, 1.82) is 0 Å². The minimum atomic E-state index is -0.421. The third-order valence-electron chi connectivity index (χ3n) is 2.56. The van der Waals surface area contributed by atoms with Gasteiger partial charge in [-0.2, -0.15) is 0 Å². The van der Waals surface area contributed by atoms with Crippen molar-refractivity contribution in [3.05, 3.63) is 57.2 Å². The number of aromatic hydroxyl groups is 1. The number of hydrogen-bond acceptors (Lipinski definition) is 5. The normalized spacial score (nSPS) is 10.8. The Morgan fingerprint density at radius 3 is 2.82 bits per heavy atom. The molecule has 22 heavy (non-hydrogen) atoms. The van der Waals surface area contributed by atoms with Crippen molar-refractivity contribution in [3.63, 3.8) is 0 Å². The van der Waals surface area contributed by atoms with Gasteiger partial charge in [0.15, 0.2) is 5.75 Å². The fraction of sp³-hybridized carbons (Fsp3) is 0.214. The molecule has 0 aliphatic heterocycles. The zero-order chi connectivity index (χ0) is 16.7. The van der Waals surface area contributed by atoms with Crippen LogP contribution in [0.5, 0.6) is 5.75 Å². The number of halogens is 2. The van der Waals surface area contributed by atoms with Crippen molar-refractivity contribution >= 4 is 28.9 Å². The van der Waals surface area contributed by atoms with Crippen LogP contribution in [0.2, 0.25) is 10.0 Å². The summed E-state index contributed by atoms with van der Waals surface area (Å²) in [5, 5.41) is 13.4. The van der Waals surface area contributed by atoms with Crippen molar-refractivity contribution in [2.45, 2.75) is 13.5 Å². The van der Waals surface area contributed by atoms with Gasteiger partial charge >= 0.3 is 0 Å². The summed E-state index contributed by atoms with van der Waals surface area (Å²) in [6.45, 7) is 5.66. The van der Waals surface area contributed by atoms with E-state index in [4.69, 9.17) is 23.2 Å². The van der Waals surface area contributed by atoms with Crippen LogP contribution >= 0.6 is 23.2 Å². The number of aromatic nitrogens is 2. The quantitative estimate of drug-likeness (QED) is 0.673. The fourth-order valence-corrected chi connectivity index (χ4v) is 1.81. The van der Waals surface area contributed by atoms with Gasteiger partial charge in [0.1, 0.15) is 7.11 Å². The molecule has 1 aromatic heterocycles. The van der Waals surface area contributed by atoms with Crippen LogP contribution in [0.25, 0.3) is 0 Å². The predicted molar refractivity (Wildman–Crippen MR) is 87.1 cm³/mol. The Kier molecular flexibility index (Phi) is 6.88. The molecule has 0 saturated carbocycles. The van der Waals surface area contributed by atoms with Crippen LogP contribution < -0.4 is 5.56 Å². The summed E-state index contributed by atoms with van der Waals surface area (Å²) in [7, 11) is 1.42. The van der Waals surface area contributed by atoms with Crippen LogP contribution in [0.3, 0.4) is 0 Å². The summed E-state index contributed by atoms with van der Waals surface area (Å²) >= 11 is 11.7. The molecule has 0 saturated heterocycles. The maximum absolute atomic E-state index is 12.2. The van der Waals surface area contributed by atoms with Gasteiger partial charge in [-0.25, -0.2) is 4.98 Å². The first kappa shape index (κ1) is 18.0. The van der Waals surface area contributed by atoms with Gasteiger partial charge in [-0.05, 0) is 18.6 Å². The summed E-state index contributed by atoms with van der Waals surface area (Å²) in [6, 6.07) is 2.41. The predicted octanol–water partition coefficient (Wildman–Crippen LogP) is 2.96. The molecule has 0 aromatic carbocycles. The number of nitrogens with zero attached hydrogens (tertiary/aromatic N) is 3. The van der Waals surface area contributed by atoms with Crippen molar-refractivity contribution in [3.8, 4) is 5.75 Å². The van der Waals surface area contributed by atoms with E-state index in [2.05, 4.69) is 21.6 Å². The van der Waals surface area contributed by atoms with E-state index in [9.17, 15) is 9.90 Å². The highest BCUT2D eigenvalue weighted by atomic mass is 35.5. The highest BCUT2D eigenvalue weighted by Gasteiger charge is 2.03. The van der Waals surface area contributed by atoms with Crippen LogP contribution in [0.4, 0.5) is 0 Å². The molecule has 1 heterocycles. The van der Waals surface area contributed by atoms with Crippen molar-refractivity contribution < 1.29 is 9.94 Å². The minimum absolute atomic E-state index is 0.0212. The molecular formula is C14H15Cl2N3O3. The molecule has 0 unspecified atom stereocenters. The van der Waals surface area contributed by atoms with Gasteiger partial charge in [-0.3, -0.25) is 9.36 Å². The van der Waals surface area contributed by atoms with Crippen LogP contribution in [-0.4, -0.2) is 27.5 Å². The van der Waals surface area contributed by atoms with E-state index >= 15 is 0 Å². The smallest absolute Gasteiger partial charge is 0.253 e.